The molecule has 2 rings (SSSR count). The zero-order chi connectivity index (χ0) is 12.4. The third kappa shape index (κ3) is 2.76. The maximum atomic E-state index is 6.21. The van der Waals surface area contributed by atoms with Crippen molar-refractivity contribution in [2.45, 2.75) is 26.4 Å². The molecular formula is C14H17ClN2. The summed E-state index contributed by atoms with van der Waals surface area (Å²) < 4.78 is 0. The summed E-state index contributed by atoms with van der Waals surface area (Å²) >= 11 is 6.21. The number of pyridine rings is 1. The molecule has 0 atom stereocenters. The zero-order valence-electron chi connectivity index (χ0n) is 10.4. The minimum atomic E-state index is 0.498. The lowest BCUT2D eigenvalue weighted by Gasteiger charge is -2.21. The second-order valence-corrected chi connectivity index (χ2v) is 5.00. The van der Waals surface area contributed by atoms with Crippen molar-refractivity contribution in [2.24, 2.45) is 0 Å². The van der Waals surface area contributed by atoms with Crippen LogP contribution in [-0.2, 0) is 6.54 Å². The van der Waals surface area contributed by atoms with Crippen molar-refractivity contribution < 1.29 is 0 Å². The van der Waals surface area contributed by atoms with E-state index in [0.717, 1.165) is 23.0 Å². The number of fused-ring (bicyclic) bond motifs is 1. The molecule has 0 saturated carbocycles. The Morgan fingerprint density at radius 2 is 2.00 bits per heavy atom. The molecule has 0 saturated heterocycles. The van der Waals surface area contributed by atoms with E-state index in [9.17, 15) is 0 Å². The molecule has 0 fully saturated rings. The molecule has 2 nitrogen and oxygen atoms in total. The molecule has 17 heavy (non-hydrogen) atoms. The Morgan fingerprint density at radius 3 is 2.71 bits per heavy atom. The van der Waals surface area contributed by atoms with Gasteiger partial charge in [0.15, 0.2) is 0 Å². The normalized spacial score (nSPS) is 11.6. The number of aromatic nitrogens is 1. The predicted octanol–water partition coefficient (Wildman–Crippen LogP) is 3.73. The topological polar surface area (TPSA) is 16.1 Å². The molecule has 0 spiro atoms. The number of hydrogen-bond donors (Lipinski definition) is 0. The lowest BCUT2D eigenvalue weighted by Crippen LogP contribution is -2.25. The molecule has 0 unspecified atom stereocenters. The van der Waals surface area contributed by atoms with Crippen LogP contribution in [0.3, 0.4) is 0 Å². The van der Waals surface area contributed by atoms with Crippen molar-refractivity contribution in [1.29, 1.82) is 0 Å². The SMILES string of the molecule is CC(C)N(C)Cc1cc2ccccc2nc1Cl. The Labute approximate surface area is 107 Å². The molecule has 1 aromatic carbocycles. The zero-order valence-corrected chi connectivity index (χ0v) is 11.2. The Balaban J connectivity index is 2.37. The van der Waals surface area contributed by atoms with Gasteiger partial charge in [-0.2, -0.15) is 0 Å². The number of para-hydroxylation sites is 1. The molecule has 2 aromatic rings. The molecule has 0 aliphatic heterocycles. The highest BCUT2D eigenvalue weighted by Gasteiger charge is 2.09. The molecule has 0 amide bonds. The summed E-state index contributed by atoms with van der Waals surface area (Å²) in [6.45, 7) is 5.17. The summed E-state index contributed by atoms with van der Waals surface area (Å²) in [7, 11) is 2.09. The van der Waals surface area contributed by atoms with Gasteiger partial charge >= 0.3 is 0 Å². The van der Waals surface area contributed by atoms with Gasteiger partial charge in [-0.3, -0.25) is 4.90 Å². The molecule has 0 N–H and O–H groups in total. The Morgan fingerprint density at radius 1 is 1.29 bits per heavy atom. The number of hydrogen-bond acceptors (Lipinski definition) is 2. The molecule has 0 aliphatic carbocycles. The van der Waals surface area contributed by atoms with Gasteiger partial charge in [-0.25, -0.2) is 4.98 Å². The second-order valence-electron chi connectivity index (χ2n) is 4.64. The first kappa shape index (κ1) is 12.3. The van der Waals surface area contributed by atoms with Crippen molar-refractivity contribution in [2.75, 3.05) is 7.05 Å². The van der Waals surface area contributed by atoms with E-state index in [1.807, 2.05) is 18.2 Å². The lowest BCUT2D eigenvalue weighted by atomic mass is 10.1. The smallest absolute Gasteiger partial charge is 0.134 e. The van der Waals surface area contributed by atoms with Crippen LogP contribution < -0.4 is 0 Å². The Bertz CT molecular complexity index is 523. The lowest BCUT2D eigenvalue weighted by molar-refractivity contribution is 0.265. The average Bonchev–Trinajstić information content (AvgIpc) is 2.29. The van der Waals surface area contributed by atoms with E-state index in [2.05, 4.69) is 42.9 Å². The predicted molar refractivity (Wildman–Crippen MR) is 73.4 cm³/mol. The van der Waals surface area contributed by atoms with Crippen molar-refractivity contribution in [1.82, 2.24) is 9.88 Å². The molecule has 90 valence electrons. The summed E-state index contributed by atoms with van der Waals surface area (Å²) in [6, 6.07) is 10.7. The Hall–Kier alpha value is -1.12. The van der Waals surface area contributed by atoms with Gasteiger partial charge < -0.3 is 0 Å². The molecule has 0 radical (unpaired) electrons. The first-order chi connectivity index (χ1) is 8.08. The highest BCUT2D eigenvalue weighted by Crippen LogP contribution is 2.21. The highest BCUT2D eigenvalue weighted by molar-refractivity contribution is 6.30. The van der Waals surface area contributed by atoms with Crippen LogP contribution in [0.25, 0.3) is 10.9 Å². The minimum Gasteiger partial charge on any atom is -0.300 e. The van der Waals surface area contributed by atoms with Gasteiger partial charge in [0, 0.05) is 23.5 Å². The van der Waals surface area contributed by atoms with E-state index >= 15 is 0 Å². The van der Waals surface area contributed by atoms with Gasteiger partial charge in [0.2, 0.25) is 0 Å². The third-order valence-electron chi connectivity index (χ3n) is 3.05. The number of rotatable bonds is 3. The quantitative estimate of drug-likeness (QED) is 0.770. The highest BCUT2D eigenvalue weighted by atomic mass is 35.5. The van der Waals surface area contributed by atoms with E-state index in [0.29, 0.717) is 11.2 Å². The van der Waals surface area contributed by atoms with Gasteiger partial charge in [0.05, 0.1) is 5.52 Å². The van der Waals surface area contributed by atoms with Crippen molar-refractivity contribution in [3.05, 3.63) is 41.0 Å². The average molecular weight is 249 g/mol. The van der Waals surface area contributed by atoms with Crippen LogP contribution in [0, 0.1) is 0 Å². The van der Waals surface area contributed by atoms with Gasteiger partial charge in [-0.1, -0.05) is 29.8 Å². The fraction of sp³-hybridized carbons (Fsp3) is 0.357. The molecule has 1 heterocycles. The van der Waals surface area contributed by atoms with Crippen LogP contribution >= 0.6 is 11.6 Å². The van der Waals surface area contributed by atoms with Gasteiger partial charge in [-0.15, -0.1) is 0 Å². The first-order valence-electron chi connectivity index (χ1n) is 5.82. The summed E-state index contributed by atoms with van der Waals surface area (Å²) in [5.74, 6) is 0. The fourth-order valence-electron chi connectivity index (χ4n) is 1.70. The maximum absolute atomic E-state index is 6.21. The van der Waals surface area contributed by atoms with Gasteiger partial charge in [-0.05, 0) is 33.0 Å². The third-order valence-corrected chi connectivity index (χ3v) is 3.38. The number of benzene rings is 1. The van der Waals surface area contributed by atoms with E-state index in [1.54, 1.807) is 0 Å². The summed E-state index contributed by atoms with van der Waals surface area (Å²) in [5.41, 5.74) is 2.04. The molecular weight excluding hydrogens is 232 g/mol. The van der Waals surface area contributed by atoms with E-state index < -0.39 is 0 Å². The minimum absolute atomic E-state index is 0.498. The van der Waals surface area contributed by atoms with Gasteiger partial charge in [0.1, 0.15) is 5.15 Å². The van der Waals surface area contributed by atoms with E-state index in [-0.39, 0.29) is 0 Å². The first-order valence-corrected chi connectivity index (χ1v) is 6.20. The fourth-order valence-corrected chi connectivity index (χ4v) is 1.90. The largest absolute Gasteiger partial charge is 0.300 e. The van der Waals surface area contributed by atoms with Crippen LogP contribution in [0.1, 0.15) is 19.4 Å². The summed E-state index contributed by atoms with van der Waals surface area (Å²) in [4.78, 5) is 6.67. The molecule has 0 aliphatic rings. The molecule has 3 heteroatoms. The summed E-state index contributed by atoms with van der Waals surface area (Å²) in [6.07, 6.45) is 0. The van der Waals surface area contributed by atoms with E-state index in [1.165, 1.54) is 0 Å². The second kappa shape index (κ2) is 5.03. The van der Waals surface area contributed by atoms with E-state index in [4.69, 9.17) is 11.6 Å². The standard InChI is InChI=1S/C14H17ClN2/c1-10(2)17(3)9-12-8-11-6-4-5-7-13(11)16-14(12)15/h4-8,10H,9H2,1-3H3. The maximum Gasteiger partial charge on any atom is 0.134 e. The van der Waals surface area contributed by atoms with Crippen LogP contribution in [-0.4, -0.2) is 23.0 Å². The summed E-state index contributed by atoms with van der Waals surface area (Å²) in [5, 5.41) is 1.75. The van der Waals surface area contributed by atoms with Crippen molar-refractivity contribution >= 4 is 22.5 Å². The number of halogens is 1. The van der Waals surface area contributed by atoms with Crippen LogP contribution in [0.2, 0.25) is 5.15 Å². The van der Waals surface area contributed by atoms with Crippen LogP contribution in [0.5, 0.6) is 0 Å². The molecule has 1 aromatic heterocycles. The number of nitrogens with zero attached hydrogens (tertiary/aromatic N) is 2. The van der Waals surface area contributed by atoms with Gasteiger partial charge in [0.25, 0.3) is 0 Å². The Kier molecular flexibility index (Phi) is 3.65. The monoisotopic (exact) mass is 248 g/mol. The van der Waals surface area contributed by atoms with Crippen LogP contribution in [0.15, 0.2) is 30.3 Å². The molecule has 0 bridgehead atoms. The van der Waals surface area contributed by atoms with Crippen LogP contribution in [0.4, 0.5) is 0 Å². The van der Waals surface area contributed by atoms with Crippen molar-refractivity contribution in [3.8, 4) is 0 Å². The van der Waals surface area contributed by atoms with Crippen molar-refractivity contribution in [3.63, 3.8) is 0 Å².